The second kappa shape index (κ2) is 5.29. The van der Waals surface area contributed by atoms with Crippen molar-refractivity contribution in [2.24, 2.45) is 5.73 Å². The molecule has 4 N–H and O–H groups in total. The molecule has 0 radical (unpaired) electrons. The number of nitrogens with two attached hydrogens (primary N) is 2. The molecule has 1 aromatic heterocycles. The number of nitrogen functional groups attached to an aromatic ring is 1. The molecule has 0 atom stereocenters. The van der Waals surface area contributed by atoms with Crippen molar-refractivity contribution >= 4 is 35.0 Å². The highest BCUT2D eigenvalue weighted by Gasteiger charge is 2.12. The molecule has 6 heteroatoms. The zero-order chi connectivity index (χ0) is 13.1. The summed E-state index contributed by atoms with van der Waals surface area (Å²) in [6.45, 7) is 0. The van der Waals surface area contributed by atoms with Crippen molar-refractivity contribution in [3.8, 4) is 0 Å². The first-order valence-electron chi connectivity index (χ1n) is 5.05. The molecule has 0 saturated heterocycles. The van der Waals surface area contributed by atoms with Crippen LogP contribution in [0.3, 0.4) is 0 Å². The summed E-state index contributed by atoms with van der Waals surface area (Å²) in [5, 5.41) is 1.12. The van der Waals surface area contributed by atoms with Gasteiger partial charge in [-0.2, -0.15) is 0 Å². The van der Waals surface area contributed by atoms with Crippen molar-refractivity contribution in [1.82, 2.24) is 4.98 Å². The highest BCUT2D eigenvalue weighted by molar-refractivity contribution is 7.99. The maximum atomic E-state index is 11.3. The molecule has 0 spiro atoms. The minimum absolute atomic E-state index is 0.399. The Balaban J connectivity index is 2.42. The Morgan fingerprint density at radius 2 is 2.11 bits per heavy atom. The number of carbonyl (C=O) groups is 1. The van der Waals surface area contributed by atoms with Crippen LogP contribution < -0.4 is 11.5 Å². The molecule has 1 amide bonds. The van der Waals surface area contributed by atoms with Gasteiger partial charge in [-0.25, -0.2) is 4.98 Å². The Morgan fingerprint density at radius 1 is 1.33 bits per heavy atom. The van der Waals surface area contributed by atoms with E-state index in [0.29, 0.717) is 26.2 Å². The first-order valence-corrected chi connectivity index (χ1v) is 6.25. The van der Waals surface area contributed by atoms with E-state index >= 15 is 0 Å². The van der Waals surface area contributed by atoms with Crippen LogP contribution in [0.1, 0.15) is 10.4 Å². The lowest BCUT2D eigenvalue weighted by Gasteiger charge is -2.07. The van der Waals surface area contributed by atoms with E-state index < -0.39 is 5.91 Å². The third-order valence-corrected chi connectivity index (χ3v) is 3.70. The summed E-state index contributed by atoms with van der Waals surface area (Å²) in [6.07, 6.45) is 1.63. The molecule has 92 valence electrons. The van der Waals surface area contributed by atoms with E-state index in [1.807, 2.05) is 0 Å². The molecule has 0 fully saturated rings. The Labute approximate surface area is 113 Å². The molecule has 0 bridgehead atoms. The van der Waals surface area contributed by atoms with Gasteiger partial charge in [-0.3, -0.25) is 4.79 Å². The van der Waals surface area contributed by atoms with Gasteiger partial charge >= 0.3 is 0 Å². The maximum Gasteiger partial charge on any atom is 0.249 e. The fraction of sp³-hybridized carbons (Fsp3) is 0. The van der Waals surface area contributed by atoms with Crippen LogP contribution in [-0.2, 0) is 0 Å². The third kappa shape index (κ3) is 2.75. The Hall–Kier alpha value is -1.72. The molecule has 0 saturated carbocycles. The molecule has 2 rings (SSSR count). The van der Waals surface area contributed by atoms with Crippen LogP contribution >= 0.6 is 23.4 Å². The Morgan fingerprint density at radius 3 is 2.78 bits per heavy atom. The largest absolute Gasteiger partial charge is 0.399 e. The fourth-order valence-electron chi connectivity index (χ4n) is 1.38. The molecule has 0 aliphatic carbocycles. The van der Waals surface area contributed by atoms with E-state index in [1.165, 1.54) is 11.8 Å². The number of primary amides is 1. The number of amides is 1. The van der Waals surface area contributed by atoms with Gasteiger partial charge < -0.3 is 11.5 Å². The van der Waals surface area contributed by atoms with Gasteiger partial charge in [-0.05, 0) is 30.3 Å². The first-order chi connectivity index (χ1) is 8.58. The van der Waals surface area contributed by atoms with Crippen LogP contribution in [0.2, 0.25) is 5.02 Å². The topological polar surface area (TPSA) is 82.0 Å². The van der Waals surface area contributed by atoms with E-state index in [9.17, 15) is 4.79 Å². The van der Waals surface area contributed by atoms with Gasteiger partial charge in [-0.1, -0.05) is 23.4 Å². The monoisotopic (exact) mass is 279 g/mol. The number of anilines is 1. The van der Waals surface area contributed by atoms with Gasteiger partial charge in [0.1, 0.15) is 5.03 Å². The summed E-state index contributed by atoms with van der Waals surface area (Å²) in [4.78, 5) is 16.1. The Bertz CT molecular complexity index is 604. The van der Waals surface area contributed by atoms with E-state index in [1.54, 1.807) is 36.5 Å². The number of halogens is 1. The predicted molar refractivity (Wildman–Crippen MR) is 72.7 cm³/mol. The van der Waals surface area contributed by atoms with Crippen LogP contribution in [0, 0.1) is 0 Å². The average Bonchev–Trinajstić information content (AvgIpc) is 2.32. The van der Waals surface area contributed by atoms with Crippen LogP contribution in [0.25, 0.3) is 0 Å². The van der Waals surface area contributed by atoms with Gasteiger partial charge in [-0.15, -0.1) is 0 Å². The van der Waals surface area contributed by atoms with Crippen LogP contribution in [-0.4, -0.2) is 10.9 Å². The first kappa shape index (κ1) is 12.7. The molecule has 18 heavy (non-hydrogen) atoms. The third-order valence-electron chi connectivity index (χ3n) is 2.20. The molecule has 0 aliphatic rings. The van der Waals surface area contributed by atoms with E-state index in [-0.39, 0.29) is 0 Å². The maximum absolute atomic E-state index is 11.3. The standard InChI is InChI=1S/C12H10ClN3OS/c13-9-2-1-5-16-12(9)18-10-6-7(14)3-4-8(10)11(15)17/h1-6H,14H2,(H2,15,17). The van der Waals surface area contributed by atoms with Crippen LogP contribution in [0.15, 0.2) is 46.5 Å². The predicted octanol–water partition coefficient (Wildman–Crippen LogP) is 2.57. The Kier molecular flexibility index (Phi) is 3.74. The minimum Gasteiger partial charge on any atom is -0.399 e. The summed E-state index contributed by atoms with van der Waals surface area (Å²) in [5.41, 5.74) is 12.0. The molecular weight excluding hydrogens is 270 g/mol. The van der Waals surface area contributed by atoms with Crippen molar-refractivity contribution in [1.29, 1.82) is 0 Å². The summed E-state index contributed by atoms with van der Waals surface area (Å²) < 4.78 is 0. The molecule has 0 aliphatic heterocycles. The van der Waals surface area contributed by atoms with Crippen molar-refractivity contribution in [2.75, 3.05) is 5.73 Å². The number of pyridine rings is 1. The van der Waals surface area contributed by atoms with Crippen molar-refractivity contribution in [2.45, 2.75) is 9.92 Å². The van der Waals surface area contributed by atoms with Crippen molar-refractivity contribution in [3.63, 3.8) is 0 Å². The van der Waals surface area contributed by atoms with Crippen molar-refractivity contribution in [3.05, 3.63) is 47.1 Å². The molecule has 4 nitrogen and oxygen atoms in total. The zero-order valence-corrected chi connectivity index (χ0v) is 10.8. The summed E-state index contributed by atoms with van der Waals surface area (Å²) >= 11 is 7.27. The van der Waals surface area contributed by atoms with Crippen LogP contribution in [0.4, 0.5) is 5.69 Å². The van der Waals surface area contributed by atoms with Gasteiger partial charge in [0.2, 0.25) is 5.91 Å². The average molecular weight is 280 g/mol. The molecule has 0 unspecified atom stereocenters. The van der Waals surface area contributed by atoms with E-state index in [2.05, 4.69) is 4.98 Å². The molecule has 2 aromatic rings. The van der Waals surface area contributed by atoms with Gasteiger partial charge in [0.05, 0.1) is 10.6 Å². The molecule has 1 aromatic carbocycles. The number of nitrogens with zero attached hydrogens (tertiary/aromatic N) is 1. The second-order valence-electron chi connectivity index (χ2n) is 3.51. The number of aromatic nitrogens is 1. The fourth-order valence-corrected chi connectivity index (χ4v) is 2.58. The number of hydrogen-bond acceptors (Lipinski definition) is 4. The van der Waals surface area contributed by atoms with Gasteiger partial charge in [0, 0.05) is 16.8 Å². The van der Waals surface area contributed by atoms with Crippen molar-refractivity contribution < 1.29 is 4.79 Å². The highest BCUT2D eigenvalue weighted by Crippen LogP contribution is 2.34. The van der Waals surface area contributed by atoms with Gasteiger partial charge in [0.15, 0.2) is 0 Å². The summed E-state index contributed by atoms with van der Waals surface area (Å²) in [7, 11) is 0. The summed E-state index contributed by atoms with van der Waals surface area (Å²) in [5.74, 6) is -0.510. The SMILES string of the molecule is NC(=O)c1ccc(N)cc1Sc1ncccc1Cl. The van der Waals surface area contributed by atoms with Gasteiger partial charge in [0.25, 0.3) is 0 Å². The number of carbonyl (C=O) groups excluding carboxylic acids is 1. The lowest BCUT2D eigenvalue weighted by Crippen LogP contribution is -2.12. The highest BCUT2D eigenvalue weighted by atomic mass is 35.5. The lowest BCUT2D eigenvalue weighted by molar-refractivity contribution is 0.0997. The lowest BCUT2D eigenvalue weighted by atomic mass is 10.2. The number of hydrogen-bond donors (Lipinski definition) is 2. The van der Waals surface area contributed by atoms with E-state index in [0.717, 1.165) is 0 Å². The quantitative estimate of drug-likeness (QED) is 0.846. The molecular formula is C12H10ClN3OS. The summed E-state index contributed by atoms with van der Waals surface area (Å²) in [6, 6.07) is 8.37. The zero-order valence-electron chi connectivity index (χ0n) is 9.26. The van der Waals surface area contributed by atoms with Crippen LogP contribution in [0.5, 0.6) is 0 Å². The molecule has 1 heterocycles. The number of benzene rings is 1. The normalized spacial score (nSPS) is 10.3. The number of rotatable bonds is 3. The smallest absolute Gasteiger partial charge is 0.249 e. The minimum atomic E-state index is -0.510. The second-order valence-corrected chi connectivity index (χ2v) is 4.95. The van der Waals surface area contributed by atoms with E-state index in [4.69, 9.17) is 23.1 Å².